The average Bonchev–Trinajstić information content (AvgIpc) is 2.49. The summed E-state index contributed by atoms with van der Waals surface area (Å²) in [6.45, 7) is 6.08. The second-order valence-electron chi connectivity index (χ2n) is 6.96. The van der Waals surface area contributed by atoms with Gasteiger partial charge in [0.2, 0.25) is 0 Å². The summed E-state index contributed by atoms with van der Waals surface area (Å²) in [5.74, 6) is -2.14. The molecule has 0 saturated carbocycles. The molecular weight excluding hydrogens is 398 g/mol. The van der Waals surface area contributed by atoms with Gasteiger partial charge in [-0.3, -0.25) is 4.79 Å². The van der Waals surface area contributed by atoms with Crippen molar-refractivity contribution in [1.82, 2.24) is 10.2 Å². The van der Waals surface area contributed by atoms with Crippen molar-refractivity contribution in [3.05, 3.63) is 33.8 Å². The number of amides is 2. The van der Waals surface area contributed by atoms with E-state index >= 15 is 0 Å². The van der Waals surface area contributed by atoms with Gasteiger partial charge in [-0.1, -0.05) is 0 Å². The van der Waals surface area contributed by atoms with Crippen molar-refractivity contribution in [2.45, 2.75) is 45.3 Å². The van der Waals surface area contributed by atoms with Crippen LogP contribution in [0.25, 0.3) is 0 Å². The van der Waals surface area contributed by atoms with E-state index in [1.807, 2.05) is 0 Å². The summed E-state index contributed by atoms with van der Waals surface area (Å²) >= 11 is 2.96. The molecule has 0 aliphatic carbocycles. The number of ether oxygens (including phenoxy) is 1. The van der Waals surface area contributed by atoms with Crippen LogP contribution in [0.15, 0.2) is 16.6 Å². The van der Waals surface area contributed by atoms with Crippen LogP contribution in [0, 0.1) is 11.6 Å². The van der Waals surface area contributed by atoms with Crippen LogP contribution in [0.5, 0.6) is 0 Å². The first-order valence-electron chi connectivity index (χ1n) is 8.00. The van der Waals surface area contributed by atoms with E-state index in [-0.39, 0.29) is 16.1 Å². The van der Waals surface area contributed by atoms with Crippen molar-refractivity contribution in [3.63, 3.8) is 0 Å². The van der Waals surface area contributed by atoms with Gasteiger partial charge >= 0.3 is 6.09 Å². The van der Waals surface area contributed by atoms with E-state index in [1.165, 1.54) is 4.90 Å². The molecule has 2 rings (SSSR count). The largest absolute Gasteiger partial charge is 0.444 e. The minimum atomic E-state index is -0.889. The Balaban J connectivity index is 1.93. The zero-order valence-corrected chi connectivity index (χ0v) is 16.0. The standard InChI is InChI=1S/C17H21BrF2N2O3/c1-17(2,3)25-16(24)21-10-4-6-22(7-5-10)15(23)11-8-12(18)14(20)9-13(11)19/h8-10H,4-7H2,1-3H3,(H,21,24). The van der Waals surface area contributed by atoms with E-state index in [0.717, 1.165) is 6.07 Å². The van der Waals surface area contributed by atoms with Crippen molar-refractivity contribution in [2.24, 2.45) is 0 Å². The SMILES string of the molecule is CC(C)(C)OC(=O)NC1CCN(C(=O)c2cc(Br)c(F)cc2F)CC1. The van der Waals surface area contributed by atoms with Gasteiger partial charge in [0.25, 0.3) is 5.91 Å². The topological polar surface area (TPSA) is 58.6 Å². The molecule has 25 heavy (non-hydrogen) atoms. The lowest BCUT2D eigenvalue weighted by atomic mass is 10.0. The Labute approximate surface area is 153 Å². The molecule has 1 heterocycles. The van der Waals surface area contributed by atoms with Crippen LogP contribution in [0.4, 0.5) is 13.6 Å². The Morgan fingerprint density at radius 1 is 1.20 bits per heavy atom. The first-order valence-corrected chi connectivity index (χ1v) is 8.79. The highest BCUT2D eigenvalue weighted by atomic mass is 79.9. The van der Waals surface area contributed by atoms with Crippen LogP contribution in [0.2, 0.25) is 0 Å². The first kappa shape index (κ1) is 19.6. The van der Waals surface area contributed by atoms with Crippen molar-refractivity contribution in [1.29, 1.82) is 0 Å². The monoisotopic (exact) mass is 418 g/mol. The van der Waals surface area contributed by atoms with E-state index in [0.29, 0.717) is 32.0 Å². The number of rotatable bonds is 2. The van der Waals surface area contributed by atoms with Crippen LogP contribution < -0.4 is 5.32 Å². The van der Waals surface area contributed by atoms with Crippen LogP contribution in [-0.2, 0) is 4.74 Å². The highest BCUT2D eigenvalue weighted by molar-refractivity contribution is 9.10. The number of benzene rings is 1. The smallest absolute Gasteiger partial charge is 0.407 e. The number of carbonyl (C=O) groups is 2. The number of piperidine rings is 1. The van der Waals surface area contributed by atoms with Gasteiger partial charge in [-0.15, -0.1) is 0 Å². The van der Waals surface area contributed by atoms with Crippen molar-refractivity contribution >= 4 is 27.9 Å². The molecule has 1 aromatic rings. The van der Waals surface area contributed by atoms with E-state index in [1.54, 1.807) is 20.8 Å². The fraction of sp³-hybridized carbons (Fsp3) is 0.529. The molecule has 8 heteroatoms. The Morgan fingerprint density at radius 2 is 1.80 bits per heavy atom. The summed E-state index contributed by atoms with van der Waals surface area (Å²) in [4.78, 5) is 25.7. The maximum atomic E-state index is 13.9. The molecule has 1 aliphatic rings. The lowest BCUT2D eigenvalue weighted by molar-refractivity contribution is 0.0473. The molecule has 1 fully saturated rings. The van der Waals surface area contributed by atoms with Gasteiger partial charge in [0.1, 0.15) is 17.2 Å². The molecular formula is C17H21BrF2N2O3. The normalized spacial score (nSPS) is 15.8. The molecule has 0 atom stereocenters. The van der Waals surface area contributed by atoms with Crippen LogP contribution >= 0.6 is 15.9 Å². The number of hydrogen-bond donors (Lipinski definition) is 1. The minimum Gasteiger partial charge on any atom is -0.444 e. The molecule has 1 aliphatic heterocycles. The number of alkyl carbamates (subject to hydrolysis) is 1. The highest BCUT2D eigenvalue weighted by Crippen LogP contribution is 2.22. The lowest BCUT2D eigenvalue weighted by Crippen LogP contribution is -2.47. The van der Waals surface area contributed by atoms with Gasteiger partial charge in [-0.05, 0) is 55.6 Å². The number of hydrogen-bond acceptors (Lipinski definition) is 3. The predicted molar refractivity (Wildman–Crippen MR) is 92.4 cm³/mol. The van der Waals surface area contributed by atoms with Crippen molar-refractivity contribution in [2.75, 3.05) is 13.1 Å². The average molecular weight is 419 g/mol. The molecule has 2 amide bonds. The molecule has 0 bridgehead atoms. The minimum absolute atomic E-state index is 0.0405. The second kappa shape index (κ2) is 7.68. The molecule has 0 aromatic heterocycles. The number of halogens is 3. The van der Waals surface area contributed by atoms with Gasteiger partial charge in [0, 0.05) is 25.2 Å². The van der Waals surface area contributed by atoms with E-state index in [2.05, 4.69) is 21.2 Å². The number of nitrogens with zero attached hydrogens (tertiary/aromatic N) is 1. The quantitative estimate of drug-likeness (QED) is 0.741. The Kier molecular flexibility index (Phi) is 6.03. The molecule has 0 unspecified atom stereocenters. The molecule has 1 N–H and O–H groups in total. The maximum Gasteiger partial charge on any atom is 0.407 e. The molecule has 138 valence electrons. The Hall–Kier alpha value is -1.70. The zero-order valence-electron chi connectivity index (χ0n) is 14.4. The highest BCUT2D eigenvalue weighted by Gasteiger charge is 2.28. The summed E-state index contributed by atoms with van der Waals surface area (Å²) in [6, 6.07) is 1.73. The van der Waals surface area contributed by atoms with Crippen LogP contribution in [-0.4, -0.2) is 41.6 Å². The Bertz CT molecular complexity index is 669. The summed E-state index contributed by atoms with van der Waals surface area (Å²) < 4.78 is 32.4. The van der Waals surface area contributed by atoms with E-state index in [4.69, 9.17) is 4.74 Å². The van der Waals surface area contributed by atoms with E-state index < -0.39 is 29.2 Å². The Morgan fingerprint density at radius 3 is 2.36 bits per heavy atom. The number of carbonyl (C=O) groups excluding carboxylic acids is 2. The van der Waals surface area contributed by atoms with Gasteiger partial charge in [-0.2, -0.15) is 0 Å². The third-order valence-electron chi connectivity index (χ3n) is 3.74. The molecule has 0 spiro atoms. The second-order valence-corrected chi connectivity index (χ2v) is 7.81. The summed E-state index contributed by atoms with van der Waals surface area (Å²) in [7, 11) is 0. The van der Waals surface area contributed by atoms with Crippen molar-refractivity contribution in [3.8, 4) is 0 Å². The molecule has 1 aromatic carbocycles. The van der Waals surface area contributed by atoms with E-state index in [9.17, 15) is 18.4 Å². The third-order valence-corrected chi connectivity index (χ3v) is 4.35. The molecule has 1 saturated heterocycles. The third kappa shape index (κ3) is 5.39. The van der Waals surface area contributed by atoms with Crippen molar-refractivity contribution < 1.29 is 23.1 Å². The van der Waals surface area contributed by atoms with Crippen LogP contribution in [0.1, 0.15) is 44.0 Å². The first-order chi connectivity index (χ1) is 11.6. The van der Waals surface area contributed by atoms with Gasteiger partial charge in [0.05, 0.1) is 10.0 Å². The summed E-state index contributed by atoms with van der Waals surface area (Å²) in [5.41, 5.74) is -0.749. The number of likely N-dealkylation sites (tertiary alicyclic amines) is 1. The lowest BCUT2D eigenvalue weighted by Gasteiger charge is -2.33. The number of nitrogens with one attached hydrogen (secondary N) is 1. The fourth-order valence-electron chi connectivity index (χ4n) is 2.56. The maximum absolute atomic E-state index is 13.9. The predicted octanol–water partition coefficient (Wildman–Crippen LogP) is 3.86. The summed E-state index contributed by atoms with van der Waals surface area (Å²) in [5, 5.41) is 2.77. The fourth-order valence-corrected chi connectivity index (χ4v) is 2.90. The van der Waals surface area contributed by atoms with Gasteiger partial charge in [0.15, 0.2) is 0 Å². The molecule has 0 radical (unpaired) electrons. The molecule has 5 nitrogen and oxygen atoms in total. The van der Waals surface area contributed by atoms with Gasteiger partial charge < -0.3 is 15.0 Å². The van der Waals surface area contributed by atoms with Gasteiger partial charge in [-0.25, -0.2) is 13.6 Å². The zero-order chi connectivity index (χ0) is 18.8. The van der Waals surface area contributed by atoms with Crippen LogP contribution in [0.3, 0.4) is 0 Å². The summed E-state index contributed by atoms with van der Waals surface area (Å²) in [6.07, 6.45) is 0.579.